The summed E-state index contributed by atoms with van der Waals surface area (Å²) in [6, 6.07) is 19.0. The third-order valence-corrected chi connectivity index (χ3v) is 5.58. The second-order valence-electron chi connectivity index (χ2n) is 7.85. The molecule has 1 aliphatic carbocycles. The zero-order valence-corrected chi connectivity index (χ0v) is 18.6. The smallest absolute Gasteiger partial charge is 0.407 e. The van der Waals surface area contributed by atoms with Gasteiger partial charge in [0.05, 0.1) is 17.9 Å². The third kappa shape index (κ3) is 5.64. The molecule has 2 amide bonds. The quantitative estimate of drug-likeness (QED) is 0.401. The van der Waals surface area contributed by atoms with Gasteiger partial charge in [0.15, 0.2) is 0 Å². The van der Waals surface area contributed by atoms with Gasteiger partial charge in [-0.3, -0.25) is 4.79 Å². The topological polar surface area (TPSA) is 114 Å². The van der Waals surface area contributed by atoms with Crippen molar-refractivity contribution >= 4 is 23.7 Å². The Bertz CT molecular complexity index is 1220. The summed E-state index contributed by atoms with van der Waals surface area (Å²) >= 11 is 0. The van der Waals surface area contributed by atoms with Gasteiger partial charge in [-0.15, -0.1) is 0 Å². The SMILES string of the molecule is O=C(COCCNC(=O)OCC1c2ccccc2-c2ccccc21)Nc1cc(F)ccc1C(=O)O. The number of halogens is 1. The molecule has 180 valence electrons. The maximum Gasteiger partial charge on any atom is 0.407 e. The lowest BCUT2D eigenvalue weighted by molar-refractivity contribution is -0.120. The second-order valence-corrected chi connectivity index (χ2v) is 7.85. The van der Waals surface area contributed by atoms with Crippen molar-refractivity contribution in [2.24, 2.45) is 0 Å². The van der Waals surface area contributed by atoms with Crippen LogP contribution in [0.25, 0.3) is 11.1 Å². The second kappa shape index (κ2) is 10.8. The highest BCUT2D eigenvalue weighted by Gasteiger charge is 2.28. The lowest BCUT2D eigenvalue weighted by Gasteiger charge is -2.14. The van der Waals surface area contributed by atoms with Crippen molar-refractivity contribution in [2.75, 3.05) is 31.7 Å². The van der Waals surface area contributed by atoms with Crippen molar-refractivity contribution in [3.05, 3.63) is 89.2 Å². The van der Waals surface area contributed by atoms with Crippen molar-refractivity contribution in [1.29, 1.82) is 0 Å². The summed E-state index contributed by atoms with van der Waals surface area (Å²) in [6.45, 7) is -0.0958. The fourth-order valence-corrected chi connectivity index (χ4v) is 4.03. The summed E-state index contributed by atoms with van der Waals surface area (Å²) in [4.78, 5) is 35.3. The van der Waals surface area contributed by atoms with E-state index >= 15 is 0 Å². The van der Waals surface area contributed by atoms with Gasteiger partial charge in [0.1, 0.15) is 19.0 Å². The summed E-state index contributed by atoms with van der Waals surface area (Å²) in [6.07, 6.45) is -0.606. The number of aromatic carboxylic acids is 1. The molecular weight excluding hydrogens is 455 g/mol. The molecule has 0 radical (unpaired) electrons. The summed E-state index contributed by atoms with van der Waals surface area (Å²) in [5, 5.41) is 14.0. The van der Waals surface area contributed by atoms with Gasteiger partial charge in [-0.2, -0.15) is 0 Å². The molecule has 8 nitrogen and oxygen atoms in total. The van der Waals surface area contributed by atoms with Gasteiger partial charge in [-0.25, -0.2) is 14.0 Å². The van der Waals surface area contributed by atoms with E-state index in [-0.39, 0.29) is 36.9 Å². The zero-order chi connectivity index (χ0) is 24.8. The van der Waals surface area contributed by atoms with Crippen molar-refractivity contribution in [1.82, 2.24) is 5.32 Å². The summed E-state index contributed by atoms with van der Waals surface area (Å²) in [7, 11) is 0. The predicted molar refractivity (Wildman–Crippen MR) is 126 cm³/mol. The summed E-state index contributed by atoms with van der Waals surface area (Å²) in [5.41, 5.74) is 4.09. The normalized spacial score (nSPS) is 11.9. The zero-order valence-electron chi connectivity index (χ0n) is 18.6. The molecule has 9 heteroatoms. The minimum Gasteiger partial charge on any atom is -0.478 e. The number of hydrogen-bond acceptors (Lipinski definition) is 5. The van der Waals surface area contributed by atoms with Gasteiger partial charge in [-0.1, -0.05) is 48.5 Å². The highest BCUT2D eigenvalue weighted by atomic mass is 19.1. The van der Waals surface area contributed by atoms with Gasteiger partial charge in [0.25, 0.3) is 0 Å². The van der Waals surface area contributed by atoms with Crippen LogP contribution in [0.5, 0.6) is 0 Å². The molecule has 0 saturated heterocycles. The molecule has 3 N–H and O–H groups in total. The first-order valence-electron chi connectivity index (χ1n) is 10.9. The number of carboxylic acid groups (broad SMARTS) is 1. The molecule has 35 heavy (non-hydrogen) atoms. The van der Waals surface area contributed by atoms with Crippen molar-refractivity contribution in [3.63, 3.8) is 0 Å². The monoisotopic (exact) mass is 478 g/mol. The number of rotatable bonds is 9. The molecule has 0 heterocycles. The standard InChI is InChI=1S/C26H23FN2O6/c27-16-9-10-21(25(31)32)23(13-16)29-24(30)15-34-12-11-28-26(33)35-14-22-19-7-3-1-5-17(19)18-6-2-4-8-20(18)22/h1-10,13,22H,11-12,14-15H2,(H,28,33)(H,29,30)(H,31,32). The van der Waals surface area contributed by atoms with E-state index < -0.39 is 30.4 Å². The van der Waals surface area contributed by atoms with Crippen LogP contribution in [0.2, 0.25) is 0 Å². The number of benzene rings is 3. The molecular formula is C26H23FN2O6. The van der Waals surface area contributed by atoms with Crippen molar-refractivity contribution in [3.8, 4) is 11.1 Å². The van der Waals surface area contributed by atoms with Gasteiger partial charge >= 0.3 is 12.1 Å². The van der Waals surface area contributed by atoms with E-state index in [4.69, 9.17) is 14.6 Å². The van der Waals surface area contributed by atoms with Gasteiger partial charge in [0, 0.05) is 12.5 Å². The van der Waals surface area contributed by atoms with Crippen LogP contribution >= 0.6 is 0 Å². The van der Waals surface area contributed by atoms with Crippen LogP contribution < -0.4 is 10.6 Å². The van der Waals surface area contributed by atoms with E-state index in [0.29, 0.717) is 0 Å². The maximum absolute atomic E-state index is 13.4. The molecule has 3 aromatic carbocycles. The van der Waals surface area contributed by atoms with Gasteiger partial charge < -0.3 is 25.2 Å². The summed E-state index contributed by atoms with van der Waals surface area (Å²) < 4.78 is 24.0. The van der Waals surface area contributed by atoms with Gasteiger partial charge in [0.2, 0.25) is 5.91 Å². The number of alkyl carbamates (subject to hydrolysis) is 1. The van der Waals surface area contributed by atoms with E-state index in [9.17, 15) is 18.8 Å². The minimum absolute atomic E-state index is 0.0204. The number of anilines is 1. The maximum atomic E-state index is 13.4. The molecule has 0 aromatic heterocycles. The average molecular weight is 478 g/mol. The molecule has 0 bridgehead atoms. The lowest BCUT2D eigenvalue weighted by Crippen LogP contribution is -2.30. The summed E-state index contributed by atoms with van der Waals surface area (Å²) in [5.74, 6) is -2.68. The first-order chi connectivity index (χ1) is 16.9. The van der Waals surface area contributed by atoms with Crippen molar-refractivity contribution < 1.29 is 33.4 Å². The van der Waals surface area contributed by atoms with Crippen LogP contribution in [0.15, 0.2) is 66.7 Å². The Kier molecular flexibility index (Phi) is 7.37. The number of ether oxygens (including phenoxy) is 2. The van der Waals surface area contributed by atoms with E-state index in [0.717, 1.165) is 40.5 Å². The Morgan fingerprint density at radius 3 is 2.26 bits per heavy atom. The minimum atomic E-state index is -1.30. The molecule has 0 saturated carbocycles. The fraction of sp³-hybridized carbons (Fsp3) is 0.192. The average Bonchev–Trinajstić information content (AvgIpc) is 3.16. The van der Waals surface area contributed by atoms with Crippen LogP contribution in [0.3, 0.4) is 0 Å². The molecule has 4 rings (SSSR count). The first-order valence-corrected chi connectivity index (χ1v) is 10.9. The number of fused-ring (bicyclic) bond motifs is 3. The van der Waals surface area contributed by atoms with Crippen LogP contribution in [-0.2, 0) is 14.3 Å². The number of nitrogens with one attached hydrogen (secondary N) is 2. The van der Waals surface area contributed by atoms with Crippen molar-refractivity contribution in [2.45, 2.75) is 5.92 Å². The molecule has 0 fully saturated rings. The Morgan fingerprint density at radius 2 is 1.60 bits per heavy atom. The number of hydrogen-bond donors (Lipinski definition) is 3. The molecule has 0 unspecified atom stereocenters. The predicted octanol–water partition coefficient (Wildman–Crippen LogP) is 4.02. The Balaban J connectivity index is 1.19. The number of carboxylic acids is 1. The number of carbonyl (C=O) groups is 3. The van der Waals surface area contributed by atoms with Gasteiger partial charge in [-0.05, 0) is 40.5 Å². The Hall–Kier alpha value is -4.24. The van der Waals surface area contributed by atoms with Crippen LogP contribution in [0.4, 0.5) is 14.9 Å². The molecule has 1 aliphatic rings. The van der Waals surface area contributed by atoms with Crippen LogP contribution in [-0.4, -0.2) is 49.4 Å². The molecule has 3 aromatic rings. The highest BCUT2D eigenvalue weighted by molar-refractivity contribution is 6.00. The van der Waals surface area contributed by atoms with Crippen LogP contribution in [0, 0.1) is 5.82 Å². The van der Waals surface area contributed by atoms with Crippen LogP contribution in [0.1, 0.15) is 27.4 Å². The first kappa shape index (κ1) is 23.9. The van der Waals surface area contributed by atoms with E-state index in [2.05, 4.69) is 22.8 Å². The Morgan fingerprint density at radius 1 is 0.943 bits per heavy atom. The number of amides is 2. The number of carbonyl (C=O) groups excluding carboxylic acids is 2. The van der Waals surface area contributed by atoms with E-state index in [1.54, 1.807) is 0 Å². The third-order valence-electron chi connectivity index (χ3n) is 5.58. The highest BCUT2D eigenvalue weighted by Crippen LogP contribution is 2.44. The van der Waals surface area contributed by atoms with E-state index in [1.165, 1.54) is 0 Å². The molecule has 0 aliphatic heterocycles. The molecule has 0 atom stereocenters. The fourth-order valence-electron chi connectivity index (χ4n) is 4.03. The molecule has 0 spiro atoms. The van der Waals surface area contributed by atoms with E-state index in [1.807, 2.05) is 36.4 Å². The lowest BCUT2D eigenvalue weighted by atomic mass is 9.98. The largest absolute Gasteiger partial charge is 0.478 e. The Labute approximate surface area is 200 Å².